The van der Waals surface area contributed by atoms with Gasteiger partial charge in [-0.2, -0.15) is 0 Å². The summed E-state index contributed by atoms with van der Waals surface area (Å²) in [5.74, 6) is -0.844. The molecular weight excluding hydrogens is 278 g/mol. The number of nitrogens with one attached hydrogen (secondary N) is 2. The number of amides is 2. The van der Waals surface area contributed by atoms with Gasteiger partial charge in [0.15, 0.2) is 0 Å². The summed E-state index contributed by atoms with van der Waals surface area (Å²) in [4.78, 5) is 27.4. The first-order valence-corrected chi connectivity index (χ1v) is 7.50. The van der Waals surface area contributed by atoms with Crippen LogP contribution in [-0.4, -0.2) is 34.2 Å². The van der Waals surface area contributed by atoms with Gasteiger partial charge in [-0.1, -0.05) is 6.92 Å². The molecule has 0 spiro atoms. The highest BCUT2D eigenvalue weighted by atomic mass is 32.1. The lowest BCUT2D eigenvalue weighted by atomic mass is 9.96. The van der Waals surface area contributed by atoms with Crippen LogP contribution in [0.3, 0.4) is 0 Å². The summed E-state index contributed by atoms with van der Waals surface area (Å²) < 4.78 is 0. The van der Waals surface area contributed by atoms with Crippen LogP contribution in [0.15, 0.2) is 11.6 Å². The van der Waals surface area contributed by atoms with Crippen molar-refractivity contribution in [3.8, 4) is 0 Å². The average molecular weight is 297 g/mol. The molecule has 0 bridgehead atoms. The zero-order valence-corrected chi connectivity index (χ0v) is 12.4. The van der Waals surface area contributed by atoms with Crippen molar-refractivity contribution in [1.29, 1.82) is 0 Å². The standard InChI is InChI=1S/C13H19N3O3S/c1-8(10-14-5-6-20-10)7-15-12(19)16-13(2,11(17)18)9-3-4-9/h5-6,8-9H,3-4,7H2,1-2H3,(H,17,18)(H2,15,16,19). The molecule has 7 heteroatoms. The number of carbonyl (C=O) groups excluding carboxylic acids is 1. The fourth-order valence-electron chi connectivity index (χ4n) is 2.08. The zero-order chi connectivity index (χ0) is 14.8. The molecule has 110 valence electrons. The zero-order valence-electron chi connectivity index (χ0n) is 11.5. The molecule has 1 heterocycles. The van der Waals surface area contributed by atoms with Crippen LogP contribution in [0.25, 0.3) is 0 Å². The predicted octanol–water partition coefficient (Wildman–Crippen LogP) is 1.80. The minimum absolute atomic E-state index is 0.0298. The highest BCUT2D eigenvalue weighted by Gasteiger charge is 2.48. The number of rotatable bonds is 6. The number of carboxylic acid groups (broad SMARTS) is 1. The number of urea groups is 1. The summed E-state index contributed by atoms with van der Waals surface area (Å²) >= 11 is 1.54. The number of aromatic nitrogens is 1. The summed E-state index contributed by atoms with van der Waals surface area (Å²) in [5, 5.41) is 17.4. The van der Waals surface area contributed by atoms with Crippen LogP contribution >= 0.6 is 11.3 Å². The predicted molar refractivity (Wildman–Crippen MR) is 75.8 cm³/mol. The van der Waals surface area contributed by atoms with Crippen molar-refractivity contribution in [3.05, 3.63) is 16.6 Å². The molecule has 1 saturated carbocycles. The molecule has 2 rings (SSSR count). The molecule has 1 fully saturated rings. The van der Waals surface area contributed by atoms with Crippen molar-refractivity contribution < 1.29 is 14.7 Å². The van der Waals surface area contributed by atoms with E-state index < -0.39 is 17.5 Å². The van der Waals surface area contributed by atoms with Crippen molar-refractivity contribution in [2.45, 2.75) is 38.1 Å². The lowest BCUT2D eigenvalue weighted by Crippen LogP contribution is -2.57. The second kappa shape index (κ2) is 5.78. The number of hydrogen-bond acceptors (Lipinski definition) is 4. The normalized spacial score (nSPS) is 18.9. The van der Waals surface area contributed by atoms with Gasteiger partial charge in [-0.3, -0.25) is 0 Å². The molecule has 1 aliphatic carbocycles. The van der Waals surface area contributed by atoms with Crippen LogP contribution in [0.2, 0.25) is 0 Å². The lowest BCUT2D eigenvalue weighted by molar-refractivity contribution is -0.144. The largest absolute Gasteiger partial charge is 0.480 e. The molecule has 0 radical (unpaired) electrons. The van der Waals surface area contributed by atoms with Gasteiger partial charge in [-0.15, -0.1) is 11.3 Å². The highest BCUT2D eigenvalue weighted by molar-refractivity contribution is 7.09. The number of carbonyl (C=O) groups is 2. The van der Waals surface area contributed by atoms with Crippen molar-refractivity contribution in [1.82, 2.24) is 15.6 Å². The highest BCUT2D eigenvalue weighted by Crippen LogP contribution is 2.39. The average Bonchev–Trinajstić information content (AvgIpc) is 3.12. The Balaban J connectivity index is 1.84. The first kappa shape index (κ1) is 14.8. The van der Waals surface area contributed by atoms with E-state index in [4.69, 9.17) is 0 Å². The fourth-order valence-corrected chi connectivity index (χ4v) is 2.78. The van der Waals surface area contributed by atoms with Crippen molar-refractivity contribution >= 4 is 23.3 Å². The quantitative estimate of drug-likeness (QED) is 0.746. The van der Waals surface area contributed by atoms with Gasteiger partial charge >= 0.3 is 12.0 Å². The van der Waals surface area contributed by atoms with Crippen molar-refractivity contribution in [2.24, 2.45) is 5.92 Å². The molecule has 2 unspecified atom stereocenters. The van der Waals surface area contributed by atoms with E-state index in [1.54, 1.807) is 13.1 Å². The van der Waals surface area contributed by atoms with Crippen LogP contribution in [0, 0.1) is 5.92 Å². The van der Waals surface area contributed by atoms with E-state index in [0.29, 0.717) is 6.54 Å². The topological polar surface area (TPSA) is 91.3 Å². The van der Waals surface area contributed by atoms with E-state index in [1.807, 2.05) is 12.3 Å². The Bertz CT molecular complexity index is 487. The van der Waals surface area contributed by atoms with Crippen molar-refractivity contribution in [2.75, 3.05) is 6.54 Å². The van der Waals surface area contributed by atoms with E-state index in [0.717, 1.165) is 17.8 Å². The van der Waals surface area contributed by atoms with E-state index in [9.17, 15) is 14.7 Å². The Labute approximate surface area is 121 Å². The first-order chi connectivity index (χ1) is 9.43. The maximum Gasteiger partial charge on any atom is 0.329 e. The molecule has 1 aromatic rings. The second-order valence-corrected chi connectivity index (χ2v) is 6.31. The smallest absolute Gasteiger partial charge is 0.329 e. The second-order valence-electron chi connectivity index (χ2n) is 5.39. The molecule has 0 aliphatic heterocycles. The SMILES string of the molecule is CC(CNC(=O)NC(C)(C(=O)O)C1CC1)c1nccs1. The monoisotopic (exact) mass is 297 g/mol. The van der Waals surface area contributed by atoms with Crippen LogP contribution < -0.4 is 10.6 Å². The minimum Gasteiger partial charge on any atom is -0.480 e. The number of aliphatic carboxylic acids is 1. The Morgan fingerprint density at radius 2 is 2.30 bits per heavy atom. The molecule has 0 saturated heterocycles. The van der Waals surface area contributed by atoms with Crippen molar-refractivity contribution in [3.63, 3.8) is 0 Å². The van der Waals surface area contributed by atoms with E-state index in [-0.39, 0.29) is 11.8 Å². The van der Waals surface area contributed by atoms with Gasteiger partial charge in [-0.05, 0) is 25.7 Å². The summed E-state index contributed by atoms with van der Waals surface area (Å²) in [6.07, 6.45) is 3.42. The summed E-state index contributed by atoms with van der Waals surface area (Å²) in [7, 11) is 0. The number of hydrogen-bond donors (Lipinski definition) is 3. The van der Waals surface area contributed by atoms with Gasteiger partial charge in [0.25, 0.3) is 0 Å². The molecule has 20 heavy (non-hydrogen) atoms. The number of nitrogens with zero attached hydrogens (tertiary/aromatic N) is 1. The van der Waals surface area contributed by atoms with Crippen LogP contribution in [0.5, 0.6) is 0 Å². The van der Waals surface area contributed by atoms with Gasteiger partial charge in [0.1, 0.15) is 5.54 Å². The Kier molecular flexibility index (Phi) is 4.27. The van der Waals surface area contributed by atoms with Gasteiger partial charge < -0.3 is 15.7 Å². The maximum atomic E-state index is 11.9. The van der Waals surface area contributed by atoms with E-state index in [2.05, 4.69) is 15.6 Å². The third kappa shape index (κ3) is 3.27. The molecule has 2 atom stereocenters. The lowest BCUT2D eigenvalue weighted by Gasteiger charge is -2.26. The molecule has 6 nitrogen and oxygen atoms in total. The van der Waals surface area contributed by atoms with Crippen LogP contribution in [0.4, 0.5) is 4.79 Å². The van der Waals surface area contributed by atoms with Crippen LogP contribution in [-0.2, 0) is 4.79 Å². The van der Waals surface area contributed by atoms with E-state index in [1.165, 1.54) is 11.3 Å². The maximum absolute atomic E-state index is 11.9. The minimum atomic E-state index is -1.17. The molecule has 0 aromatic carbocycles. The van der Waals surface area contributed by atoms with Gasteiger partial charge in [0.2, 0.25) is 0 Å². The molecule has 2 amide bonds. The van der Waals surface area contributed by atoms with Gasteiger partial charge in [0.05, 0.1) is 5.01 Å². The third-order valence-electron chi connectivity index (χ3n) is 3.65. The molecule has 3 N–H and O–H groups in total. The summed E-state index contributed by atoms with van der Waals surface area (Å²) in [5.41, 5.74) is -1.17. The number of carboxylic acids is 1. The Morgan fingerprint density at radius 1 is 1.60 bits per heavy atom. The Morgan fingerprint density at radius 3 is 2.80 bits per heavy atom. The number of thiazole rings is 1. The summed E-state index contributed by atoms with van der Waals surface area (Å²) in [6.45, 7) is 3.97. The molecule has 1 aliphatic rings. The Hall–Kier alpha value is -1.63. The fraction of sp³-hybridized carbons (Fsp3) is 0.615. The third-order valence-corrected chi connectivity index (χ3v) is 4.66. The van der Waals surface area contributed by atoms with Gasteiger partial charge in [-0.25, -0.2) is 14.6 Å². The molecular formula is C13H19N3O3S. The first-order valence-electron chi connectivity index (χ1n) is 6.62. The van der Waals surface area contributed by atoms with Gasteiger partial charge in [0, 0.05) is 24.0 Å². The molecule has 1 aromatic heterocycles. The van der Waals surface area contributed by atoms with Crippen LogP contribution in [0.1, 0.15) is 37.6 Å². The summed E-state index contributed by atoms with van der Waals surface area (Å²) in [6, 6.07) is -0.440. The van der Waals surface area contributed by atoms with E-state index >= 15 is 0 Å².